The van der Waals surface area contributed by atoms with E-state index in [4.69, 9.17) is 20.8 Å². The van der Waals surface area contributed by atoms with Crippen LogP contribution in [0.2, 0.25) is 5.28 Å². The molecule has 4 heterocycles. The van der Waals surface area contributed by atoms with Crippen LogP contribution in [0.1, 0.15) is 16.4 Å². The topological polar surface area (TPSA) is 102 Å². The molecule has 1 aliphatic heterocycles. The van der Waals surface area contributed by atoms with Crippen molar-refractivity contribution in [3.05, 3.63) is 41.4 Å². The molecule has 3 aromatic rings. The monoisotopic (exact) mass is 389 g/mol. The van der Waals surface area contributed by atoms with Crippen LogP contribution < -0.4 is 4.90 Å². The standard InChI is InChI=1S/C16H16ClN7O3/c1-22-8-26-9-23(2)15(25)12-13(22)19-16(17)24(12)7-11-20-21-14(27-11)10-4-3-5-18-6-10/h3-6H,7-9H2,1-2H3. The van der Waals surface area contributed by atoms with Crippen LogP contribution in [-0.4, -0.2) is 63.1 Å². The van der Waals surface area contributed by atoms with Gasteiger partial charge in [0.1, 0.15) is 20.0 Å². The summed E-state index contributed by atoms with van der Waals surface area (Å²) in [5.74, 6) is 0.810. The quantitative estimate of drug-likeness (QED) is 0.663. The third kappa shape index (κ3) is 3.24. The van der Waals surface area contributed by atoms with Gasteiger partial charge in [-0.1, -0.05) is 0 Å². The number of hydrogen-bond donors (Lipinski definition) is 0. The summed E-state index contributed by atoms with van der Waals surface area (Å²) in [7, 11) is 3.42. The number of carbonyl (C=O) groups excluding carboxylic acids is 1. The molecule has 10 nitrogen and oxygen atoms in total. The zero-order chi connectivity index (χ0) is 19.0. The summed E-state index contributed by atoms with van der Waals surface area (Å²) in [4.78, 5) is 24.3. The Morgan fingerprint density at radius 3 is 2.81 bits per heavy atom. The number of anilines is 1. The second kappa shape index (κ2) is 6.97. The lowest BCUT2D eigenvalue weighted by atomic mass is 10.3. The Balaban J connectivity index is 1.70. The van der Waals surface area contributed by atoms with Crippen molar-refractivity contribution >= 4 is 23.3 Å². The average Bonchev–Trinajstić information content (AvgIpc) is 3.26. The normalized spacial score (nSPS) is 14.9. The van der Waals surface area contributed by atoms with Gasteiger partial charge in [-0.2, -0.15) is 4.98 Å². The summed E-state index contributed by atoms with van der Waals surface area (Å²) < 4.78 is 12.7. The Morgan fingerprint density at radius 1 is 1.22 bits per heavy atom. The molecule has 27 heavy (non-hydrogen) atoms. The van der Waals surface area contributed by atoms with Crippen LogP contribution in [0, 0.1) is 0 Å². The van der Waals surface area contributed by atoms with Crippen LogP contribution in [0.4, 0.5) is 5.82 Å². The fourth-order valence-corrected chi connectivity index (χ4v) is 2.93. The van der Waals surface area contributed by atoms with Crippen LogP contribution in [-0.2, 0) is 11.3 Å². The maximum atomic E-state index is 12.8. The number of aromatic nitrogens is 5. The third-order valence-corrected chi connectivity index (χ3v) is 4.34. The highest BCUT2D eigenvalue weighted by Crippen LogP contribution is 2.27. The highest BCUT2D eigenvalue weighted by atomic mass is 35.5. The molecular formula is C16H16ClN7O3. The highest BCUT2D eigenvalue weighted by Gasteiger charge is 2.30. The van der Waals surface area contributed by atoms with E-state index in [1.807, 2.05) is 6.07 Å². The molecule has 0 atom stereocenters. The lowest BCUT2D eigenvalue weighted by Gasteiger charge is -2.26. The van der Waals surface area contributed by atoms with Gasteiger partial charge in [0, 0.05) is 26.5 Å². The van der Waals surface area contributed by atoms with Crippen LogP contribution in [0.25, 0.3) is 11.5 Å². The Kier molecular flexibility index (Phi) is 4.50. The van der Waals surface area contributed by atoms with Gasteiger partial charge < -0.3 is 19.0 Å². The number of halogens is 1. The molecule has 0 aromatic carbocycles. The molecule has 0 N–H and O–H groups in total. The molecule has 0 saturated heterocycles. The first-order chi connectivity index (χ1) is 13.0. The minimum Gasteiger partial charge on any atom is -0.419 e. The van der Waals surface area contributed by atoms with E-state index in [9.17, 15) is 4.79 Å². The van der Waals surface area contributed by atoms with Crippen molar-refractivity contribution in [3.63, 3.8) is 0 Å². The zero-order valence-electron chi connectivity index (χ0n) is 14.7. The Hall–Kier alpha value is -2.98. The van der Waals surface area contributed by atoms with Gasteiger partial charge in [0.15, 0.2) is 11.5 Å². The van der Waals surface area contributed by atoms with E-state index in [1.165, 1.54) is 4.90 Å². The van der Waals surface area contributed by atoms with Crippen molar-refractivity contribution in [3.8, 4) is 11.5 Å². The van der Waals surface area contributed by atoms with Crippen LogP contribution in [0.5, 0.6) is 0 Å². The van der Waals surface area contributed by atoms with Crippen LogP contribution in [0.15, 0.2) is 28.9 Å². The van der Waals surface area contributed by atoms with Gasteiger partial charge in [-0.05, 0) is 23.7 Å². The molecule has 0 radical (unpaired) electrons. The van der Waals surface area contributed by atoms with Crippen molar-refractivity contribution in [2.45, 2.75) is 6.54 Å². The summed E-state index contributed by atoms with van der Waals surface area (Å²) in [6, 6.07) is 3.60. The SMILES string of the molecule is CN1COCN(C)c2nc(Cl)n(Cc3nnc(-c4cccnc4)o3)c2C1=O. The molecule has 11 heteroatoms. The molecule has 1 amide bonds. The molecular weight excluding hydrogens is 374 g/mol. The van der Waals surface area contributed by atoms with Gasteiger partial charge in [0.25, 0.3) is 5.91 Å². The second-order valence-electron chi connectivity index (χ2n) is 6.05. The Bertz CT molecular complexity index is 972. The van der Waals surface area contributed by atoms with Gasteiger partial charge in [0.2, 0.25) is 17.1 Å². The first-order valence-corrected chi connectivity index (χ1v) is 8.45. The first-order valence-electron chi connectivity index (χ1n) is 8.07. The number of imidazole rings is 1. The number of ether oxygens (including phenoxy) is 1. The summed E-state index contributed by atoms with van der Waals surface area (Å²) >= 11 is 6.31. The smallest absolute Gasteiger partial charge is 0.276 e. The molecule has 3 aromatic heterocycles. The van der Waals surface area contributed by atoms with Gasteiger partial charge in [-0.15, -0.1) is 10.2 Å². The predicted molar refractivity (Wildman–Crippen MR) is 95.2 cm³/mol. The first kappa shape index (κ1) is 17.4. The number of rotatable bonds is 3. The van der Waals surface area contributed by atoms with E-state index in [2.05, 4.69) is 20.2 Å². The minimum atomic E-state index is -0.261. The van der Waals surface area contributed by atoms with E-state index >= 15 is 0 Å². The number of nitrogens with zero attached hydrogens (tertiary/aromatic N) is 7. The van der Waals surface area contributed by atoms with E-state index in [0.717, 1.165) is 0 Å². The molecule has 0 bridgehead atoms. The number of amides is 1. The summed E-state index contributed by atoms with van der Waals surface area (Å²) in [6.07, 6.45) is 3.29. The maximum Gasteiger partial charge on any atom is 0.276 e. The molecule has 0 spiro atoms. The van der Waals surface area contributed by atoms with Crippen molar-refractivity contribution in [1.82, 2.24) is 29.6 Å². The van der Waals surface area contributed by atoms with Gasteiger partial charge in [0.05, 0.1) is 5.56 Å². The summed E-state index contributed by atoms with van der Waals surface area (Å²) in [5.41, 5.74) is 1.05. The van der Waals surface area contributed by atoms with Gasteiger partial charge >= 0.3 is 0 Å². The number of pyridine rings is 1. The van der Waals surface area contributed by atoms with E-state index in [-0.39, 0.29) is 31.2 Å². The molecule has 0 saturated carbocycles. The minimum absolute atomic E-state index is 0.114. The van der Waals surface area contributed by atoms with Crippen molar-refractivity contribution in [1.29, 1.82) is 0 Å². The fraction of sp³-hybridized carbons (Fsp3) is 0.312. The number of fused-ring (bicyclic) bond motifs is 1. The Labute approximate surface area is 159 Å². The maximum absolute atomic E-state index is 12.8. The summed E-state index contributed by atoms with van der Waals surface area (Å²) in [6.45, 7) is 0.559. The predicted octanol–water partition coefficient (Wildman–Crippen LogP) is 1.48. The average molecular weight is 390 g/mol. The summed E-state index contributed by atoms with van der Waals surface area (Å²) in [5, 5.41) is 8.23. The van der Waals surface area contributed by atoms with Crippen LogP contribution >= 0.6 is 11.6 Å². The second-order valence-corrected chi connectivity index (χ2v) is 6.38. The fourth-order valence-electron chi connectivity index (χ4n) is 2.71. The molecule has 1 aliphatic rings. The lowest BCUT2D eigenvalue weighted by Crippen LogP contribution is -2.37. The van der Waals surface area contributed by atoms with Crippen molar-refractivity contribution in [2.75, 3.05) is 32.5 Å². The van der Waals surface area contributed by atoms with Crippen LogP contribution in [0.3, 0.4) is 0 Å². The third-order valence-electron chi connectivity index (χ3n) is 4.05. The largest absolute Gasteiger partial charge is 0.419 e. The number of carbonyl (C=O) groups is 1. The number of hydrogen-bond acceptors (Lipinski definition) is 8. The molecule has 4 rings (SSSR count). The lowest BCUT2D eigenvalue weighted by molar-refractivity contribution is 0.0312. The zero-order valence-corrected chi connectivity index (χ0v) is 15.4. The molecule has 0 aliphatic carbocycles. The van der Waals surface area contributed by atoms with Crippen molar-refractivity contribution in [2.24, 2.45) is 0 Å². The van der Waals surface area contributed by atoms with Gasteiger partial charge in [-0.25, -0.2) is 0 Å². The molecule has 0 unspecified atom stereocenters. The van der Waals surface area contributed by atoms with E-state index < -0.39 is 0 Å². The molecule has 140 valence electrons. The van der Waals surface area contributed by atoms with Crippen molar-refractivity contribution < 1.29 is 13.9 Å². The van der Waals surface area contributed by atoms with E-state index in [1.54, 1.807) is 42.0 Å². The molecule has 0 fully saturated rings. The highest BCUT2D eigenvalue weighted by molar-refractivity contribution is 6.29. The van der Waals surface area contributed by atoms with E-state index in [0.29, 0.717) is 28.9 Å². The van der Waals surface area contributed by atoms with Gasteiger partial charge in [-0.3, -0.25) is 14.3 Å². The Morgan fingerprint density at radius 2 is 2.04 bits per heavy atom.